The normalized spacial score (nSPS) is 18.6. The number of pyridine rings is 2. The van der Waals surface area contributed by atoms with Crippen LogP contribution in [0.4, 0.5) is 17.7 Å². The monoisotopic (exact) mass is 506 g/mol. The van der Waals surface area contributed by atoms with E-state index in [9.17, 15) is 9.90 Å². The highest BCUT2D eigenvalue weighted by Gasteiger charge is 2.27. The molecule has 0 radical (unpaired) electrons. The summed E-state index contributed by atoms with van der Waals surface area (Å²) in [4.78, 5) is 31.2. The van der Waals surface area contributed by atoms with Crippen molar-refractivity contribution < 1.29 is 19.1 Å². The summed E-state index contributed by atoms with van der Waals surface area (Å²) in [5.74, 6) is 0.368. The number of β-amino-alcohol motifs (C(OH)–C–C–N with tert-alkyl or cyclic N) is 1. The van der Waals surface area contributed by atoms with Crippen LogP contribution in [0.5, 0.6) is 0 Å². The Labute approximate surface area is 213 Å². The number of piperidine rings is 1. The number of hydrogen-bond donors (Lipinski definition) is 4. The number of aliphatic hydroxyl groups excluding tert-OH is 1. The lowest BCUT2D eigenvalue weighted by atomic mass is 10.1. The van der Waals surface area contributed by atoms with Crippen molar-refractivity contribution in [3.05, 3.63) is 41.7 Å². The molecule has 0 spiro atoms. The van der Waals surface area contributed by atoms with Crippen LogP contribution in [0.3, 0.4) is 0 Å². The summed E-state index contributed by atoms with van der Waals surface area (Å²) >= 11 is 0. The van der Waals surface area contributed by atoms with Crippen LogP contribution in [-0.4, -0.2) is 84.7 Å². The van der Waals surface area contributed by atoms with E-state index in [2.05, 4.69) is 20.6 Å². The van der Waals surface area contributed by atoms with Crippen LogP contribution in [0.1, 0.15) is 28.9 Å². The van der Waals surface area contributed by atoms with Gasteiger partial charge >= 0.3 is 0 Å². The molecule has 1 amide bonds. The zero-order valence-corrected chi connectivity index (χ0v) is 20.6. The van der Waals surface area contributed by atoms with E-state index in [1.165, 1.54) is 6.21 Å². The van der Waals surface area contributed by atoms with Crippen molar-refractivity contribution in [3.8, 4) is 0 Å². The van der Waals surface area contributed by atoms with E-state index >= 15 is 0 Å². The van der Waals surface area contributed by atoms with E-state index in [-0.39, 0.29) is 0 Å². The van der Waals surface area contributed by atoms with E-state index in [0.717, 1.165) is 6.42 Å². The molecule has 2 aliphatic heterocycles. The first-order valence-electron chi connectivity index (χ1n) is 12.3. The Morgan fingerprint density at radius 1 is 1.19 bits per heavy atom. The lowest BCUT2D eigenvalue weighted by molar-refractivity contribution is 0.102. The number of aliphatic hydroxyl groups is 1. The van der Waals surface area contributed by atoms with Crippen molar-refractivity contribution in [3.63, 3.8) is 0 Å². The SMILES string of the molecule is CN/C=C(\C=N)c1cccc(NC(=O)c2cc3oc(N4CCOCC4)nc3nc2N2CCCC(O)C2)n1. The van der Waals surface area contributed by atoms with Crippen LogP contribution in [0.25, 0.3) is 16.8 Å². The summed E-state index contributed by atoms with van der Waals surface area (Å²) in [7, 11) is 1.74. The predicted octanol–water partition coefficient (Wildman–Crippen LogP) is 1.88. The third-order valence-electron chi connectivity index (χ3n) is 6.32. The van der Waals surface area contributed by atoms with Crippen molar-refractivity contribution >= 4 is 46.6 Å². The molecule has 3 aromatic heterocycles. The second-order valence-electron chi connectivity index (χ2n) is 8.91. The molecule has 0 saturated carbocycles. The summed E-state index contributed by atoms with van der Waals surface area (Å²) < 4.78 is 11.4. The minimum Gasteiger partial charge on any atom is -0.422 e. The highest BCUT2D eigenvalue weighted by Crippen LogP contribution is 2.30. The van der Waals surface area contributed by atoms with Crippen molar-refractivity contribution in [1.82, 2.24) is 20.3 Å². The first kappa shape index (κ1) is 24.7. The molecule has 0 aromatic carbocycles. The summed E-state index contributed by atoms with van der Waals surface area (Å²) in [5, 5.41) is 23.7. The van der Waals surface area contributed by atoms with Gasteiger partial charge in [0.05, 0.1) is 30.6 Å². The zero-order chi connectivity index (χ0) is 25.8. The Bertz CT molecular complexity index is 1320. The molecule has 1 atom stereocenters. The Morgan fingerprint density at radius 3 is 2.78 bits per heavy atom. The molecule has 1 unspecified atom stereocenters. The number of ether oxygens (including phenoxy) is 1. The van der Waals surface area contributed by atoms with Gasteiger partial charge in [-0.1, -0.05) is 6.07 Å². The molecule has 5 rings (SSSR count). The van der Waals surface area contributed by atoms with E-state index in [1.807, 2.05) is 9.80 Å². The van der Waals surface area contributed by atoms with Crippen LogP contribution in [0.2, 0.25) is 0 Å². The highest BCUT2D eigenvalue weighted by atomic mass is 16.5. The second kappa shape index (κ2) is 10.9. The van der Waals surface area contributed by atoms with Crippen molar-refractivity contribution in [2.75, 3.05) is 61.6 Å². The minimum atomic E-state index is -0.500. The van der Waals surface area contributed by atoms with Crippen molar-refractivity contribution in [2.45, 2.75) is 18.9 Å². The fourth-order valence-corrected chi connectivity index (χ4v) is 4.48. The average molecular weight is 507 g/mol. The van der Waals surface area contributed by atoms with Crippen LogP contribution in [-0.2, 0) is 4.74 Å². The molecule has 2 aliphatic rings. The third kappa shape index (κ3) is 5.39. The summed E-state index contributed by atoms with van der Waals surface area (Å²) in [6.07, 6.45) is 3.85. The number of anilines is 3. The topological polar surface area (TPSA) is 153 Å². The molecule has 12 heteroatoms. The number of nitrogens with one attached hydrogen (secondary N) is 3. The Hall–Kier alpha value is -4.03. The summed E-state index contributed by atoms with van der Waals surface area (Å²) in [6.45, 7) is 3.53. The molecule has 2 fully saturated rings. The van der Waals surface area contributed by atoms with E-state index < -0.39 is 12.0 Å². The molecule has 12 nitrogen and oxygen atoms in total. The smallest absolute Gasteiger partial charge is 0.300 e. The molecule has 0 bridgehead atoms. The van der Waals surface area contributed by atoms with E-state index in [1.54, 1.807) is 37.5 Å². The van der Waals surface area contributed by atoms with Gasteiger partial charge in [-0.15, -0.1) is 0 Å². The number of carbonyl (C=O) groups is 1. The Morgan fingerprint density at radius 2 is 2.03 bits per heavy atom. The van der Waals surface area contributed by atoms with Crippen LogP contribution >= 0.6 is 0 Å². The van der Waals surface area contributed by atoms with E-state index in [4.69, 9.17) is 19.5 Å². The molecule has 37 heavy (non-hydrogen) atoms. The fourth-order valence-electron chi connectivity index (χ4n) is 4.48. The number of amides is 1. The maximum atomic E-state index is 13.5. The van der Waals surface area contributed by atoms with Crippen LogP contribution in [0, 0.1) is 5.41 Å². The van der Waals surface area contributed by atoms with Gasteiger partial charge in [0.15, 0.2) is 5.58 Å². The molecule has 3 aromatic rings. The largest absolute Gasteiger partial charge is 0.422 e. The Balaban J connectivity index is 1.50. The number of aromatic nitrogens is 3. The van der Waals surface area contributed by atoms with Gasteiger partial charge in [-0.3, -0.25) is 4.79 Å². The standard InChI is InChI=1S/C25H30N8O4/c1-27-14-16(13-26)19-5-2-6-21(28-19)29-24(35)18-12-20-22(30-23(18)33-7-3-4-17(34)15-33)31-25(37-20)32-8-10-36-11-9-32/h2,5-6,12-14,17,26-27,34H,3-4,7-11,15H2,1H3,(H,28,29,35)/b16-14+,26-13?. The summed E-state index contributed by atoms with van der Waals surface area (Å²) in [5.41, 5.74) is 2.22. The van der Waals surface area contributed by atoms with Crippen LogP contribution in [0.15, 0.2) is 34.9 Å². The van der Waals surface area contributed by atoms with Gasteiger partial charge in [0.2, 0.25) is 5.65 Å². The number of oxazole rings is 1. The van der Waals surface area contributed by atoms with Gasteiger partial charge in [-0.05, 0) is 25.0 Å². The number of carbonyl (C=O) groups excluding carboxylic acids is 1. The molecule has 4 N–H and O–H groups in total. The lowest BCUT2D eigenvalue weighted by Gasteiger charge is -2.32. The molecule has 5 heterocycles. The van der Waals surface area contributed by atoms with Gasteiger partial charge < -0.3 is 40.1 Å². The van der Waals surface area contributed by atoms with Gasteiger partial charge in [-0.25, -0.2) is 9.97 Å². The van der Waals surface area contributed by atoms with Gasteiger partial charge in [-0.2, -0.15) is 4.98 Å². The Kier molecular flexibility index (Phi) is 7.28. The van der Waals surface area contributed by atoms with Crippen LogP contribution < -0.4 is 20.4 Å². The maximum Gasteiger partial charge on any atom is 0.300 e. The van der Waals surface area contributed by atoms with Crippen molar-refractivity contribution in [2.24, 2.45) is 0 Å². The minimum absolute atomic E-state index is 0.302. The number of morpholine rings is 1. The zero-order valence-electron chi connectivity index (χ0n) is 20.6. The fraction of sp³-hybridized carbons (Fsp3) is 0.400. The number of rotatable bonds is 7. The molecular weight excluding hydrogens is 476 g/mol. The number of nitrogens with zero attached hydrogens (tertiary/aromatic N) is 5. The van der Waals surface area contributed by atoms with Crippen molar-refractivity contribution in [1.29, 1.82) is 5.41 Å². The maximum absolute atomic E-state index is 13.5. The van der Waals surface area contributed by atoms with Gasteiger partial charge in [0.1, 0.15) is 11.6 Å². The second-order valence-corrected chi connectivity index (χ2v) is 8.91. The molecule has 2 saturated heterocycles. The predicted molar refractivity (Wildman–Crippen MR) is 140 cm³/mol. The van der Waals surface area contributed by atoms with E-state index in [0.29, 0.717) is 91.5 Å². The molecule has 0 aliphatic carbocycles. The quantitative estimate of drug-likeness (QED) is 0.349. The molecule has 194 valence electrons. The average Bonchev–Trinajstić information content (AvgIpc) is 3.35. The lowest BCUT2D eigenvalue weighted by Crippen LogP contribution is -2.39. The number of hydrogen-bond acceptors (Lipinski definition) is 11. The molecular formula is C25H30N8O4. The highest BCUT2D eigenvalue weighted by molar-refractivity contribution is 6.09. The first-order valence-corrected chi connectivity index (χ1v) is 12.3. The summed E-state index contributed by atoms with van der Waals surface area (Å²) in [6, 6.07) is 7.30. The number of fused-ring (bicyclic) bond motifs is 1. The first-order chi connectivity index (χ1) is 18.1. The van der Waals surface area contributed by atoms with Gasteiger partial charge in [0.25, 0.3) is 11.9 Å². The third-order valence-corrected chi connectivity index (χ3v) is 6.32. The van der Waals surface area contributed by atoms with Gasteiger partial charge in [0, 0.05) is 57.3 Å². The number of allylic oxidation sites excluding steroid dienone is 1.